The summed E-state index contributed by atoms with van der Waals surface area (Å²) in [5.41, 5.74) is 6.25. The first-order valence-electron chi connectivity index (χ1n) is 6.94. The second-order valence-corrected chi connectivity index (χ2v) is 5.49. The minimum absolute atomic E-state index is 0.218. The summed E-state index contributed by atoms with van der Waals surface area (Å²) in [7, 11) is 1.98. The number of carbonyl (C=O) groups excluding carboxylic acids is 1. The fourth-order valence-electron chi connectivity index (χ4n) is 3.02. The Morgan fingerprint density at radius 1 is 1.50 bits per heavy atom. The number of aromatic nitrogens is 3. The van der Waals surface area contributed by atoms with Gasteiger partial charge in [0.2, 0.25) is 5.91 Å². The van der Waals surface area contributed by atoms with Gasteiger partial charge in [-0.3, -0.25) is 4.79 Å². The number of nitrogens with two attached hydrogens (primary N) is 1. The molecule has 0 aromatic carbocycles. The molecule has 106 valence electrons. The van der Waals surface area contributed by atoms with Crippen LogP contribution >= 0.6 is 0 Å². The highest BCUT2D eigenvalue weighted by molar-refractivity contribution is 5.87. The molecule has 1 amide bonds. The number of rotatable bonds is 3. The fraction of sp³-hybridized carbons (Fsp3) is 0.500. The van der Waals surface area contributed by atoms with Gasteiger partial charge in [0.15, 0.2) is 0 Å². The van der Waals surface area contributed by atoms with Crippen molar-refractivity contribution in [2.75, 3.05) is 18.0 Å². The number of fused-ring (bicyclic) bond motifs is 1. The Labute approximate surface area is 117 Å². The van der Waals surface area contributed by atoms with Crippen molar-refractivity contribution in [1.82, 2.24) is 14.5 Å². The van der Waals surface area contributed by atoms with Crippen molar-refractivity contribution in [2.24, 2.45) is 18.7 Å². The van der Waals surface area contributed by atoms with Crippen molar-refractivity contribution in [2.45, 2.75) is 19.3 Å². The van der Waals surface area contributed by atoms with E-state index in [1.807, 2.05) is 23.9 Å². The summed E-state index contributed by atoms with van der Waals surface area (Å²) >= 11 is 0. The Kier molecular flexibility index (Phi) is 3.30. The van der Waals surface area contributed by atoms with Crippen molar-refractivity contribution >= 4 is 22.8 Å². The quantitative estimate of drug-likeness (QED) is 0.907. The van der Waals surface area contributed by atoms with E-state index in [1.165, 1.54) is 0 Å². The van der Waals surface area contributed by atoms with Crippen LogP contribution in [0.5, 0.6) is 0 Å². The molecule has 2 aromatic heterocycles. The van der Waals surface area contributed by atoms with Crippen LogP contribution in [-0.2, 0) is 11.8 Å². The van der Waals surface area contributed by atoms with Gasteiger partial charge in [0.05, 0.1) is 5.39 Å². The molecule has 1 aliphatic heterocycles. The smallest absolute Gasteiger partial charge is 0.217 e. The van der Waals surface area contributed by atoms with E-state index >= 15 is 0 Å². The molecule has 6 nitrogen and oxygen atoms in total. The van der Waals surface area contributed by atoms with Gasteiger partial charge in [-0.05, 0) is 24.8 Å². The van der Waals surface area contributed by atoms with Crippen molar-refractivity contribution in [1.29, 1.82) is 0 Å². The minimum atomic E-state index is -0.218. The molecule has 1 aliphatic rings. The summed E-state index contributed by atoms with van der Waals surface area (Å²) in [5.74, 6) is 1.07. The minimum Gasteiger partial charge on any atom is -0.370 e. The average molecular weight is 273 g/mol. The number of aryl methyl sites for hydroxylation is 1. The lowest BCUT2D eigenvalue weighted by Crippen LogP contribution is -2.37. The maximum Gasteiger partial charge on any atom is 0.217 e. The first-order valence-corrected chi connectivity index (χ1v) is 6.94. The predicted molar refractivity (Wildman–Crippen MR) is 77.3 cm³/mol. The predicted octanol–water partition coefficient (Wildman–Crippen LogP) is 1.06. The Morgan fingerprint density at radius 2 is 2.35 bits per heavy atom. The topological polar surface area (TPSA) is 77.0 Å². The van der Waals surface area contributed by atoms with E-state index in [4.69, 9.17) is 5.73 Å². The van der Waals surface area contributed by atoms with Crippen molar-refractivity contribution in [3.05, 3.63) is 18.6 Å². The van der Waals surface area contributed by atoms with E-state index in [1.54, 1.807) is 6.33 Å². The van der Waals surface area contributed by atoms with Crippen LogP contribution in [0.1, 0.15) is 19.3 Å². The van der Waals surface area contributed by atoms with E-state index in [9.17, 15) is 4.79 Å². The summed E-state index contributed by atoms with van der Waals surface area (Å²) in [4.78, 5) is 22.1. The lowest BCUT2D eigenvalue weighted by atomic mass is 9.94. The van der Waals surface area contributed by atoms with Crippen molar-refractivity contribution in [3.8, 4) is 0 Å². The number of hydrogen-bond donors (Lipinski definition) is 1. The fourth-order valence-corrected chi connectivity index (χ4v) is 3.02. The van der Waals surface area contributed by atoms with Gasteiger partial charge in [-0.15, -0.1) is 0 Å². The first-order chi connectivity index (χ1) is 9.65. The van der Waals surface area contributed by atoms with Crippen molar-refractivity contribution in [3.63, 3.8) is 0 Å². The maximum atomic E-state index is 11.1. The number of piperidine rings is 1. The lowest BCUT2D eigenvalue weighted by molar-refractivity contribution is -0.118. The molecule has 1 atom stereocenters. The normalized spacial score (nSPS) is 19.4. The summed E-state index contributed by atoms with van der Waals surface area (Å²) in [6.07, 6.45) is 6.18. The molecule has 0 aliphatic carbocycles. The van der Waals surface area contributed by atoms with Crippen molar-refractivity contribution < 1.29 is 4.79 Å². The number of amides is 1. The van der Waals surface area contributed by atoms with Crippen LogP contribution in [0, 0.1) is 5.92 Å². The highest BCUT2D eigenvalue weighted by Gasteiger charge is 2.24. The first kappa shape index (κ1) is 12.9. The van der Waals surface area contributed by atoms with Gasteiger partial charge in [0, 0.05) is 32.8 Å². The third-order valence-electron chi connectivity index (χ3n) is 3.95. The lowest BCUT2D eigenvalue weighted by Gasteiger charge is -2.33. The van der Waals surface area contributed by atoms with Gasteiger partial charge in [-0.25, -0.2) is 9.97 Å². The molecule has 1 saturated heterocycles. The molecule has 3 rings (SSSR count). The summed E-state index contributed by atoms with van der Waals surface area (Å²) in [6, 6.07) is 2.04. The van der Waals surface area contributed by atoms with Crippen LogP contribution < -0.4 is 10.6 Å². The number of primary amides is 1. The Hall–Kier alpha value is -2.11. The maximum absolute atomic E-state index is 11.1. The van der Waals surface area contributed by atoms with Crippen LogP contribution in [0.25, 0.3) is 11.0 Å². The van der Waals surface area contributed by atoms with Gasteiger partial charge in [0.25, 0.3) is 0 Å². The van der Waals surface area contributed by atoms with Gasteiger partial charge >= 0.3 is 0 Å². The standard InChI is InChI=1S/C14H19N5O/c1-18-6-4-11-13(18)16-9-17-14(11)19-5-2-3-10(8-19)7-12(15)20/h4,6,9-10H,2-3,5,7-8H2,1H3,(H2,15,20)/t10-/m1/s1. The van der Waals surface area contributed by atoms with E-state index in [0.717, 1.165) is 42.8 Å². The van der Waals surface area contributed by atoms with E-state index < -0.39 is 0 Å². The summed E-state index contributed by atoms with van der Waals surface area (Å²) in [5, 5.41) is 1.06. The SMILES string of the molecule is Cn1ccc2c(N3CCC[C@H](CC(N)=O)C3)ncnc21. The van der Waals surface area contributed by atoms with Crippen LogP contribution in [-0.4, -0.2) is 33.5 Å². The van der Waals surface area contributed by atoms with Gasteiger partial charge < -0.3 is 15.2 Å². The molecular formula is C14H19N5O. The molecule has 0 unspecified atom stereocenters. The second kappa shape index (κ2) is 5.11. The molecule has 1 fully saturated rings. The zero-order valence-electron chi connectivity index (χ0n) is 11.6. The Balaban J connectivity index is 1.88. The van der Waals surface area contributed by atoms with Gasteiger partial charge in [-0.1, -0.05) is 0 Å². The van der Waals surface area contributed by atoms with Gasteiger partial charge in [0.1, 0.15) is 17.8 Å². The molecule has 2 aromatic rings. The molecule has 6 heteroatoms. The summed E-state index contributed by atoms with van der Waals surface area (Å²) < 4.78 is 1.99. The molecule has 0 bridgehead atoms. The van der Waals surface area contributed by atoms with Gasteiger partial charge in [-0.2, -0.15) is 0 Å². The number of anilines is 1. The van der Waals surface area contributed by atoms with Crippen LogP contribution in [0.3, 0.4) is 0 Å². The monoisotopic (exact) mass is 273 g/mol. The third-order valence-corrected chi connectivity index (χ3v) is 3.95. The van der Waals surface area contributed by atoms with E-state index in [-0.39, 0.29) is 5.91 Å². The summed E-state index contributed by atoms with van der Waals surface area (Å²) in [6.45, 7) is 1.81. The van der Waals surface area contributed by atoms with Crippen LogP contribution in [0.15, 0.2) is 18.6 Å². The van der Waals surface area contributed by atoms with Crippen LogP contribution in [0.2, 0.25) is 0 Å². The highest BCUT2D eigenvalue weighted by atomic mass is 16.1. The zero-order valence-corrected chi connectivity index (χ0v) is 11.6. The Bertz CT molecular complexity index is 636. The molecular weight excluding hydrogens is 254 g/mol. The van der Waals surface area contributed by atoms with E-state index in [2.05, 4.69) is 14.9 Å². The zero-order chi connectivity index (χ0) is 14.1. The molecule has 0 radical (unpaired) electrons. The van der Waals surface area contributed by atoms with Crippen LogP contribution in [0.4, 0.5) is 5.82 Å². The number of hydrogen-bond acceptors (Lipinski definition) is 4. The highest BCUT2D eigenvalue weighted by Crippen LogP contribution is 2.28. The Morgan fingerprint density at radius 3 is 3.15 bits per heavy atom. The number of nitrogens with zero attached hydrogens (tertiary/aromatic N) is 4. The molecule has 3 heterocycles. The molecule has 0 spiro atoms. The van der Waals surface area contributed by atoms with E-state index in [0.29, 0.717) is 12.3 Å². The second-order valence-electron chi connectivity index (χ2n) is 5.49. The molecule has 0 saturated carbocycles. The largest absolute Gasteiger partial charge is 0.370 e. The molecule has 20 heavy (non-hydrogen) atoms. The third kappa shape index (κ3) is 2.33. The molecule has 2 N–H and O–H groups in total. The number of carbonyl (C=O) groups is 1. The average Bonchev–Trinajstić information content (AvgIpc) is 2.80.